The van der Waals surface area contributed by atoms with Gasteiger partial charge in [0, 0.05) is 0 Å². The van der Waals surface area contributed by atoms with Gasteiger partial charge in [0.2, 0.25) is 0 Å². The fourth-order valence-electron chi connectivity index (χ4n) is 0. The normalized spacial score (nSPS) is 3.00. The quantitative estimate of drug-likeness (QED) is 0.541. The molecule has 0 fully saturated rings. The van der Waals surface area contributed by atoms with Gasteiger partial charge in [0.1, 0.15) is 0 Å². The second-order valence-corrected chi connectivity index (χ2v) is 1.000. The Hall–Kier alpha value is -0.420. The van der Waals surface area contributed by atoms with E-state index in [0.29, 0.717) is 0 Å². The lowest BCUT2D eigenvalue weighted by molar-refractivity contribution is 0.886. The van der Waals surface area contributed by atoms with Crippen molar-refractivity contribution in [2.75, 3.05) is 0 Å². The molecule has 0 amide bonds. The average Bonchev–Trinajstić information content (AvgIpc) is 1.37. The molecular weight excluding hydrogens is 162 g/mol. The van der Waals surface area contributed by atoms with Crippen molar-refractivity contribution in [2.24, 2.45) is 0 Å². The van der Waals surface area contributed by atoms with Crippen LogP contribution >= 0.6 is 0 Å². The molecule has 0 aliphatic rings. The van der Waals surface area contributed by atoms with Crippen LogP contribution in [0.15, 0.2) is 0 Å². The molecule has 0 nitrogen and oxygen atoms in total. The average molecular weight is 178 g/mol. The Kier molecular flexibility index (Phi) is 2090. The van der Waals surface area contributed by atoms with Crippen LogP contribution in [0, 0.1) is 0 Å². The lowest BCUT2D eigenvalue weighted by Crippen LogP contribution is -1.47. The summed E-state index contributed by atoms with van der Waals surface area (Å²) in [6.45, 7) is 4.36. The van der Waals surface area contributed by atoms with Crippen molar-refractivity contribution in [3.63, 3.8) is 0 Å². The Morgan fingerprint density at radius 1 is 0.500 bits per heavy atom. The van der Waals surface area contributed by atoms with Gasteiger partial charge in [-0.05, 0) is 0 Å². The van der Waals surface area contributed by atoms with E-state index in [1.807, 2.05) is 0 Å². The molecule has 0 N–H and O–H groups in total. The predicted molar refractivity (Wildman–Crippen MR) is 35.6 cm³/mol. The number of hydrogen-bond donors (Lipinski definition) is 0. The molecule has 0 aromatic rings. The van der Waals surface area contributed by atoms with Crippen LogP contribution in [0.1, 0.15) is 26.7 Å². The highest BCUT2D eigenvalue weighted by Gasteiger charge is 1.56. The second-order valence-electron chi connectivity index (χ2n) is 1.000. The number of halogens is 6. The zero-order valence-corrected chi connectivity index (χ0v) is 5.86. The minimum Gasteiger partial charge on any atom is -0.269 e. The van der Waals surface area contributed by atoms with Gasteiger partial charge in [-0.1, -0.05) is 26.7 Å². The Morgan fingerprint density at radius 2 is 0.600 bits per heavy atom. The van der Waals surface area contributed by atoms with Crippen LogP contribution in [0.5, 0.6) is 0 Å². The molecule has 6 heteroatoms. The fourth-order valence-corrected chi connectivity index (χ4v) is 0. The largest absolute Gasteiger partial charge is 0.269 e. The predicted octanol–water partition coefficient (Wildman–Crippen LogP) is 2.72. The molecule has 0 spiro atoms. The van der Waals surface area contributed by atoms with Gasteiger partial charge in [-0.15, -0.1) is 0 Å². The van der Waals surface area contributed by atoms with Crippen molar-refractivity contribution in [1.29, 1.82) is 0 Å². The van der Waals surface area contributed by atoms with E-state index in [0.717, 1.165) is 0 Å². The maximum atomic E-state index is 2.18. The summed E-state index contributed by atoms with van der Waals surface area (Å²) in [6.07, 6.45) is 2.64. The van der Waals surface area contributed by atoms with Crippen LogP contribution in [0.3, 0.4) is 0 Å². The summed E-state index contributed by atoms with van der Waals surface area (Å²) in [4.78, 5) is 0. The summed E-state index contributed by atoms with van der Waals surface area (Å²) in [5.41, 5.74) is 0. The van der Waals surface area contributed by atoms with Crippen molar-refractivity contribution in [2.45, 2.75) is 26.7 Å². The Bertz CT molecular complexity index is 11.7. The van der Waals surface area contributed by atoms with Gasteiger partial charge < -0.3 is 0 Å². The summed E-state index contributed by atoms with van der Waals surface area (Å²) in [5.74, 6) is 0. The monoisotopic (exact) mass is 178 g/mol. The van der Waals surface area contributed by atoms with Crippen LogP contribution in [-0.2, 0) is 0 Å². The molecule has 74 valence electrons. The van der Waals surface area contributed by atoms with E-state index in [-0.39, 0.29) is 28.2 Å². The molecule has 10 heavy (non-hydrogen) atoms. The van der Waals surface area contributed by atoms with Gasteiger partial charge in [-0.2, -0.15) is 0 Å². The highest BCUT2D eigenvalue weighted by atomic mass is 19.0. The van der Waals surface area contributed by atoms with Gasteiger partial charge >= 0.3 is 0 Å². The zero-order chi connectivity index (χ0) is 3.41. The van der Waals surface area contributed by atoms with E-state index >= 15 is 0 Å². The van der Waals surface area contributed by atoms with Gasteiger partial charge in [0.05, 0.1) is 0 Å². The van der Waals surface area contributed by atoms with Crippen LogP contribution in [0.4, 0.5) is 28.2 Å². The number of unbranched alkanes of at least 4 members (excludes halogenated alkanes) is 1. The molecule has 0 radical (unpaired) electrons. The first-order valence-electron chi connectivity index (χ1n) is 1.91. The summed E-state index contributed by atoms with van der Waals surface area (Å²) < 4.78 is 0. The molecule has 0 aliphatic heterocycles. The lowest BCUT2D eigenvalue weighted by Gasteiger charge is -1.68. The molecule has 0 aliphatic carbocycles. The van der Waals surface area contributed by atoms with Gasteiger partial charge in [0.25, 0.3) is 0 Å². The maximum Gasteiger partial charge on any atom is -0.0564 e. The molecule has 0 saturated carbocycles. The minimum atomic E-state index is 0. The van der Waals surface area contributed by atoms with Crippen LogP contribution in [0.2, 0.25) is 0 Å². The van der Waals surface area contributed by atoms with E-state index in [2.05, 4.69) is 13.8 Å². The second kappa shape index (κ2) is 197. The molecule has 0 aromatic heterocycles. The molecule has 0 heterocycles. The highest BCUT2D eigenvalue weighted by molar-refractivity contribution is 4.12. The summed E-state index contributed by atoms with van der Waals surface area (Å²) in [7, 11) is 0. The van der Waals surface area contributed by atoms with Crippen molar-refractivity contribution >= 4 is 0 Å². The SMILES string of the molecule is CCCC.F.F.F.F.F.F. The van der Waals surface area contributed by atoms with E-state index in [9.17, 15) is 0 Å². The molecule has 0 saturated heterocycles. The molecule has 0 bridgehead atoms. The topological polar surface area (TPSA) is 0 Å². The van der Waals surface area contributed by atoms with E-state index < -0.39 is 0 Å². The summed E-state index contributed by atoms with van der Waals surface area (Å²) in [5, 5.41) is 0. The first-order valence-corrected chi connectivity index (χ1v) is 1.91. The molecular formula is C4H16F6. The van der Waals surface area contributed by atoms with Crippen molar-refractivity contribution in [3.8, 4) is 0 Å². The highest BCUT2D eigenvalue weighted by Crippen LogP contribution is 1.76. The van der Waals surface area contributed by atoms with Crippen LogP contribution in [0.25, 0.3) is 0 Å². The molecule has 0 atom stereocenters. The first kappa shape index (κ1) is 106. The van der Waals surface area contributed by atoms with Crippen LogP contribution < -0.4 is 0 Å². The van der Waals surface area contributed by atoms with E-state index in [1.165, 1.54) is 12.8 Å². The Morgan fingerprint density at radius 3 is 0.600 bits per heavy atom. The Labute approximate surface area is 56.2 Å². The van der Waals surface area contributed by atoms with Crippen molar-refractivity contribution in [1.82, 2.24) is 0 Å². The zero-order valence-electron chi connectivity index (χ0n) is 5.86. The van der Waals surface area contributed by atoms with Gasteiger partial charge in [-0.3, -0.25) is 28.2 Å². The summed E-state index contributed by atoms with van der Waals surface area (Å²) >= 11 is 0. The smallest absolute Gasteiger partial charge is 0.0564 e. The Balaban J connectivity index is -0.00000000300. The molecule has 0 unspecified atom stereocenters. The third-order valence-electron chi connectivity index (χ3n) is 0.500. The third kappa shape index (κ3) is 976. The fraction of sp³-hybridized carbons (Fsp3) is 1.00. The minimum absolute atomic E-state index is 0. The van der Waals surface area contributed by atoms with Crippen molar-refractivity contribution < 1.29 is 28.2 Å². The number of hydrogen-bond acceptors (Lipinski definition) is 0. The van der Waals surface area contributed by atoms with E-state index in [4.69, 9.17) is 0 Å². The van der Waals surface area contributed by atoms with Crippen LogP contribution in [-0.4, -0.2) is 0 Å². The standard InChI is InChI=1S/C4H10.6FH/c1-3-4-2;;;;;;/h3-4H2,1-2H3;6*1H. The maximum absolute atomic E-state index is 2.18. The summed E-state index contributed by atoms with van der Waals surface area (Å²) in [6, 6.07) is 0. The van der Waals surface area contributed by atoms with Gasteiger partial charge in [-0.25, -0.2) is 0 Å². The lowest BCUT2D eigenvalue weighted by atomic mass is 10.4. The number of rotatable bonds is 1. The third-order valence-corrected chi connectivity index (χ3v) is 0.500. The molecule has 0 aromatic carbocycles. The molecule has 0 rings (SSSR count). The first-order chi connectivity index (χ1) is 1.91. The van der Waals surface area contributed by atoms with Crippen molar-refractivity contribution in [3.05, 3.63) is 0 Å². The van der Waals surface area contributed by atoms with E-state index in [1.54, 1.807) is 0 Å². The van der Waals surface area contributed by atoms with Gasteiger partial charge in [0.15, 0.2) is 0 Å².